The highest BCUT2D eigenvalue weighted by Crippen LogP contribution is 2.22. The zero-order valence-corrected chi connectivity index (χ0v) is 8.82. The van der Waals surface area contributed by atoms with E-state index in [1.165, 1.54) is 16.9 Å². The number of aromatic nitrogens is 3. The van der Waals surface area contributed by atoms with Gasteiger partial charge in [0.15, 0.2) is 0 Å². The molecule has 0 atom stereocenters. The Morgan fingerprint density at radius 3 is 2.86 bits per heavy atom. The lowest BCUT2D eigenvalue weighted by Gasteiger charge is -1.95. The Morgan fingerprint density at radius 2 is 2.21 bits per heavy atom. The molecule has 0 radical (unpaired) electrons. The van der Waals surface area contributed by atoms with E-state index in [4.69, 9.17) is 5.11 Å². The summed E-state index contributed by atoms with van der Waals surface area (Å²) >= 11 is 3.25. The fourth-order valence-corrected chi connectivity index (χ4v) is 1.74. The van der Waals surface area contributed by atoms with Crippen molar-refractivity contribution in [2.45, 2.75) is 0 Å². The van der Waals surface area contributed by atoms with Gasteiger partial charge in [0, 0.05) is 11.5 Å². The molecular weight excluding hydrogens is 250 g/mol. The molecule has 1 heterocycles. The Kier molecular flexibility index (Phi) is 1.99. The maximum Gasteiger partial charge on any atom is 0.335 e. The molecule has 14 heavy (non-hydrogen) atoms. The van der Waals surface area contributed by atoms with Crippen LogP contribution in [0, 0.1) is 0 Å². The molecule has 0 amide bonds. The summed E-state index contributed by atoms with van der Waals surface area (Å²) in [6.45, 7) is 0. The third-order valence-corrected chi connectivity index (χ3v) is 2.39. The molecule has 5 nitrogen and oxygen atoms in total. The maximum absolute atomic E-state index is 10.7. The number of carbonyl (C=O) groups is 1. The monoisotopic (exact) mass is 255 g/mol. The van der Waals surface area contributed by atoms with Gasteiger partial charge in [-0.05, 0) is 28.1 Å². The van der Waals surface area contributed by atoms with Crippen molar-refractivity contribution in [1.29, 1.82) is 0 Å². The van der Waals surface area contributed by atoms with E-state index in [2.05, 4.69) is 26.1 Å². The summed E-state index contributed by atoms with van der Waals surface area (Å²) in [5.74, 6) is -0.974. The third kappa shape index (κ3) is 1.37. The second-order valence-electron chi connectivity index (χ2n) is 2.82. The van der Waals surface area contributed by atoms with Gasteiger partial charge in [0.2, 0.25) is 0 Å². The highest BCUT2D eigenvalue weighted by molar-refractivity contribution is 9.10. The minimum absolute atomic E-state index is 0.199. The van der Waals surface area contributed by atoms with Crippen LogP contribution >= 0.6 is 15.9 Å². The first kappa shape index (κ1) is 9.14. The van der Waals surface area contributed by atoms with Gasteiger partial charge >= 0.3 is 5.97 Å². The minimum Gasteiger partial charge on any atom is -0.478 e. The van der Waals surface area contributed by atoms with Crippen LogP contribution in [0.1, 0.15) is 10.4 Å². The number of aromatic carboxylic acids is 1. The lowest BCUT2D eigenvalue weighted by Crippen LogP contribution is -1.95. The summed E-state index contributed by atoms with van der Waals surface area (Å²) in [7, 11) is 1.69. The van der Waals surface area contributed by atoms with Crippen LogP contribution in [-0.4, -0.2) is 26.1 Å². The average molecular weight is 256 g/mol. The maximum atomic E-state index is 10.7. The van der Waals surface area contributed by atoms with Crippen molar-refractivity contribution in [3.8, 4) is 0 Å². The lowest BCUT2D eigenvalue weighted by atomic mass is 10.2. The Morgan fingerprint density at radius 1 is 1.50 bits per heavy atom. The van der Waals surface area contributed by atoms with Crippen LogP contribution in [0.5, 0.6) is 0 Å². The molecule has 1 aromatic carbocycles. The van der Waals surface area contributed by atoms with Gasteiger partial charge in [0.1, 0.15) is 11.0 Å². The van der Waals surface area contributed by atoms with Gasteiger partial charge in [-0.15, -0.1) is 0 Å². The number of hydrogen-bond acceptors (Lipinski definition) is 3. The number of carboxylic acids is 1. The van der Waals surface area contributed by atoms with Gasteiger partial charge in [-0.3, -0.25) is 0 Å². The molecule has 6 heteroatoms. The van der Waals surface area contributed by atoms with Crippen molar-refractivity contribution in [2.75, 3.05) is 0 Å². The number of carboxylic acid groups (broad SMARTS) is 1. The minimum atomic E-state index is -0.974. The van der Waals surface area contributed by atoms with E-state index < -0.39 is 5.97 Å². The smallest absolute Gasteiger partial charge is 0.335 e. The summed E-state index contributed by atoms with van der Waals surface area (Å²) in [6.07, 6.45) is 0. The fourth-order valence-electron chi connectivity index (χ4n) is 1.21. The van der Waals surface area contributed by atoms with Gasteiger partial charge in [0.05, 0.1) is 5.56 Å². The third-order valence-electron chi connectivity index (χ3n) is 1.79. The van der Waals surface area contributed by atoms with E-state index in [9.17, 15) is 4.79 Å². The number of halogens is 1. The van der Waals surface area contributed by atoms with Crippen molar-refractivity contribution in [1.82, 2.24) is 15.0 Å². The van der Waals surface area contributed by atoms with Crippen LogP contribution in [-0.2, 0) is 7.05 Å². The summed E-state index contributed by atoms with van der Waals surface area (Å²) in [5.41, 5.74) is 1.43. The molecule has 0 saturated carbocycles. The molecule has 0 aliphatic rings. The molecule has 0 aliphatic heterocycles. The van der Waals surface area contributed by atoms with Crippen LogP contribution in [0.15, 0.2) is 16.6 Å². The molecular formula is C8H6BrN3O2. The number of aryl methyl sites for hydroxylation is 1. The molecule has 2 rings (SSSR count). The zero-order valence-electron chi connectivity index (χ0n) is 7.23. The van der Waals surface area contributed by atoms with E-state index in [0.717, 1.165) is 0 Å². The first-order valence-electron chi connectivity index (χ1n) is 3.82. The molecule has 0 fully saturated rings. The molecule has 0 unspecified atom stereocenters. The van der Waals surface area contributed by atoms with Crippen molar-refractivity contribution in [3.05, 3.63) is 22.2 Å². The van der Waals surface area contributed by atoms with Gasteiger partial charge in [-0.1, -0.05) is 0 Å². The summed E-state index contributed by atoms with van der Waals surface area (Å²) in [6, 6.07) is 3.01. The highest BCUT2D eigenvalue weighted by atomic mass is 79.9. The zero-order chi connectivity index (χ0) is 10.3. The standard InChI is InChI=1S/C8H6BrN3O2/c1-12-10-6-3-4(8(13)14)2-5(9)7(6)11-12/h2-3H,1H3,(H,13,14). The SMILES string of the molecule is Cn1nc2cc(C(=O)O)cc(Br)c2n1. The molecule has 0 aliphatic carbocycles. The van der Waals surface area contributed by atoms with Crippen molar-refractivity contribution >= 4 is 32.9 Å². The Hall–Kier alpha value is -1.43. The van der Waals surface area contributed by atoms with Crippen LogP contribution in [0.4, 0.5) is 0 Å². The van der Waals surface area contributed by atoms with Gasteiger partial charge in [-0.25, -0.2) is 4.79 Å². The molecule has 0 saturated heterocycles. The first-order valence-corrected chi connectivity index (χ1v) is 4.61. The van der Waals surface area contributed by atoms with Crippen molar-refractivity contribution in [2.24, 2.45) is 7.05 Å². The molecule has 0 spiro atoms. The van der Waals surface area contributed by atoms with Crippen LogP contribution < -0.4 is 0 Å². The Labute approximate surface area is 87.5 Å². The number of rotatable bonds is 1. The van der Waals surface area contributed by atoms with E-state index in [1.807, 2.05) is 0 Å². The van der Waals surface area contributed by atoms with E-state index >= 15 is 0 Å². The molecule has 2 aromatic rings. The van der Waals surface area contributed by atoms with Crippen LogP contribution in [0.3, 0.4) is 0 Å². The number of nitrogens with zero attached hydrogens (tertiary/aromatic N) is 3. The van der Waals surface area contributed by atoms with Crippen LogP contribution in [0.25, 0.3) is 11.0 Å². The van der Waals surface area contributed by atoms with E-state index in [1.54, 1.807) is 7.05 Å². The van der Waals surface area contributed by atoms with E-state index in [0.29, 0.717) is 15.5 Å². The summed E-state index contributed by atoms with van der Waals surface area (Å²) in [5, 5.41) is 16.9. The predicted molar refractivity (Wildman–Crippen MR) is 53.2 cm³/mol. The van der Waals surface area contributed by atoms with Crippen molar-refractivity contribution in [3.63, 3.8) is 0 Å². The molecule has 1 N–H and O–H groups in total. The average Bonchev–Trinajstić information content (AvgIpc) is 2.45. The number of benzene rings is 1. The lowest BCUT2D eigenvalue weighted by molar-refractivity contribution is 0.0697. The Bertz CT molecular complexity index is 521. The van der Waals surface area contributed by atoms with Crippen molar-refractivity contribution < 1.29 is 9.90 Å². The molecule has 1 aromatic heterocycles. The normalized spacial score (nSPS) is 10.7. The fraction of sp³-hybridized carbons (Fsp3) is 0.125. The molecule has 72 valence electrons. The quantitative estimate of drug-likeness (QED) is 0.837. The second-order valence-corrected chi connectivity index (χ2v) is 3.67. The first-order chi connectivity index (χ1) is 6.58. The number of hydrogen-bond donors (Lipinski definition) is 1. The Balaban J connectivity index is 2.77. The topological polar surface area (TPSA) is 68.0 Å². The van der Waals surface area contributed by atoms with Gasteiger partial charge in [-0.2, -0.15) is 15.0 Å². The molecule has 0 bridgehead atoms. The number of fused-ring (bicyclic) bond motifs is 1. The van der Waals surface area contributed by atoms with Gasteiger partial charge in [0.25, 0.3) is 0 Å². The van der Waals surface area contributed by atoms with E-state index in [-0.39, 0.29) is 5.56 Å². The van der Waals surface area contributed by atoms with Gasteiger partial charge < -0.3 is 5.11 Å². The summed E-state index contributed by atoms with van der Waals surface area (Å²) in [4.78, 5) is 12.1. The second kappa shape index (κ2) is 3.06. The predicted octanol–water partition coefficient (Wildman–Crippen LogP) is 1.43. The summed E-state index contributed by atoms with van der Waals surface area (Å²) < 4.78 is 0.639. The largest absolute Gasteiger partial charge is 0.478 e. The highest BCUT2D eigenvalue weighted by Gasteiger charge is 2.10. The van der Waals surface area contributed by atoms with Crippen LogP contribution in [0.2, 0.25) is 0 Å².